The number of nitrogens with two attached hydrogens (primary N) is 1. The Balaban J connectivity index is 1.46. The van der Waals surface area contributed by atoms with Gasteiger partial charge in [-0.1, -0.05) is 78.9 Å². The standard InChI is InChI=1S/C31H26F4N2O3/c1-17-27(32)29(34)26(30(35)28(17)33)22-9-7-18(8-10-22)15-23(36)31(40)37-24(16-25(38)39)21-13-11-20(12-14-21)19-5-3-2-4-6-19/h2-14,23-24H,15-16,36H2,1H3,(H,37,40)(H,38,39). The van der Waals surface area contributed by atoms with Crippen molar-refractivity contribution in [1.82, 2.24) is 5.32 Å². The van der Waals surface area contributed by atoms with Crippen LogP contribution in [0, 0.1) is 30.2 Å². The van der Waals surface area contributed by atoms with Crippen molar-refractivity contribution in [3.63, 3.8) is 0 Å². The second-order valence-corrected chi connectivity index (χ2v) is 9.41. The fourth-order valence-electron chi connectivity index (χ4n) is 4.39. The molecule has 5 nitrogen and oxygen atoms in total. The van der Waals surface area contributed by atoms with Gasteiger partial charge in [-0.15, -0.1) is 0 Å². The monoisotopic (exact) mass is 550 g/mol. The Morgan fingerprint density at radius 3 is 1.85 bits per heavy atom. The number of carbonyl (C=O) groups is 2. The average molecular weight is 551 g/mol. The Labute approximate surface area is 228 Å². The van der Waals surface area contributed by atoms with E-state index in [-0.39, 0.29) is 18.4 Å². The van der Waals surface area contributed by atoms with Crippen LogP contribution in [-0.4, -0.2) is 23.0 Å². The smallest absolute Gasteiger partial charge is 0.305 e. The molecule has 4 aromatic rings. The number of amides is 1. The van der Waals surface area contributed by atoms with Crippen molar-refractivity contribution in [2.24, 2.45) is 5.73 Å². The Bertz CT molecular complexity index is 1500. The maximum absolute atomic E-state index is 14.4. The minimum Gasteiger partial charge on any atom is -0.481 e. The number of carbonyl (C=O) groups excluding carboxylic acids is 1. The summed E-state index contributed by atoms with van der Waals surface area (Å²) in [7, 11) is 0. The maximum atomic E-state index is 14.4. The zero-order valence-corrected chi connectivity index (χ0v) is 21.4. The first-order valence-electron chi connectivity index (χ1n) is 12.4. The summed E-state index contributed by atoms with van der Waals surface area (Å²) in [6.07, 6.45) is -0.348. The van der Waals surface area contributed by atoms with Gasteiger partial charge in [0.1, 0.15) is 0 Å². The van der Waals surface area contributed by atoms with Crippen LogP contribution in [0.25, 0.3) is 22.3 Å². The first-order chi connectivity index (χ1) is 19.1. The highest BCUT2D eigenvalue weighted by Crippen LogP contribution is 2.32. The van der Waals surface area contributed by atoms with Crippen LogP contribution in [0.4, 0.5) is 17.6 Å². The minimum atomic E-state index is -1.50. The highest BCUT2D eigenvalue weighted by atomic mass is 19.2. The quantitative estimate of drug-likeness (QED) is 0.174. The van der Waals surface area contributed by atoms with Crippen LogP contribution in [0.5, 0.6) is 0 Å². The Kier molecular flexibility index (Phi) is 8.64. The molecule has 0 aliphatic carbocycles. The number of rotatable bonds is 9. The molecule has 0 aliphatic heterocycles. The van der Waals surface area contributed by atoms with Gasteiger partial charge in [-0.25, -0.2) is 17.6 Å². The number of carboxylic acid groups (broad SMARTS) is 1. The van der Waals surface area contributed by atoms with Crippen molar-refractivity contribution in [3.8, 4) is 22.3 Å². The lowest BCUT2D eigenvalue weighted by Gasteiger charge is -2.21. The molecule has 206 valence electrons. The molecule has 4 N–H and O–H groups in total. The van der Waals surface area contributed by atoms with Gasteiger partial charge < -0.3 is 16.2 Å². The van der Waals surface area contributed by atoms with E-state index in [0.29, 0.717) is 11.1 Å². The summed E-state index contributed by atoms with van der Waals surface area (Å²) in [5, 5.41) is 12.1. The van der Waals surface area contributed by atoms with Gasteiger partial charge in [-0.05, 0) is 41.2 Å². The molecule has 0 aliphatic rings. The average Bonchev–Trinajstić information content (AvgIpc) is 2.96. The van der Waals surface area contributed by atoms with Crippen molar-refractivity contribution in [2.45, 2.75) is 31.8 Å². The molecule has 0 spiro atoms. The SMILES string of the molecule is Cc1c(F)c(F)c(-c2ccc(CC(N)C(=O)NC(CC(=O)O)c3ccc(-c4ccccc4)cc3)cc2)c(F)c1F. The van der Waals surface area contributed by atoms with E-state index in [1.54, 1.807) is 12.1 Å². The molecular formula is C31H26F4N2O3. The lowest BCUT2D eigenvalue weighted by molar-refractivity contribution is -0.137. The van der Waals surface area contributed by atoms with Gasteiger partial charge in [0.25, 0.3) is 0 Å². The molecule has 4 rings (SSSR count). The topological polar surface area (TPSA) is 92.4 Å². The number of carboxylic acids is 1. The molecule has 2 atom stereocenters. The molecule has 4 aromatic carbocycles. The van der Waals surface area contributed by atoms with E-state index in [0.717, 1.165) is 18.1 Å². The fraction of sp³-hybridized carbons (Fsp3) is 0.161. The highest BCUT2D eigenvalue weighted by molar-refractivity contribution is 5.83. The van der Waals surface area contributed by atoms with Crippen LogP contribution in [0.3, 0.4) is 0 Å². The third-order valence-electron chi connectivity index (χ3n) is 6.63. The first-order valence-corrected chi connectivity index (χ1v) is 12.4. The van der Waals surface area contributed by atoms with Gasteiger partial charge in [-0.3, -0.25) is 9.59 Å². The summed E-state index contributed by atoms with van der Waals surface area (Å²) in [5.41, 5.74) is 7.44. The van der Waals surface area contributed by atoms with Gasteiger partial charge in [0.05, 0.1) is 24.1 Å². The highest BCUT2D eigenvalue weighted by Gasteiger charge is 2.25. The third kappa shape index (κ3) is 6.21. The Morgan fingerprint density at radius 2 is 1.30 bits per heavy atom. The number of nitrogens with one attached hydrogen (secondary N) is 1. The van der Waals surface area contributed by atoms with E-state index in [1.165, 1.54) is 24.3 Å². The second kappa shape index (κ2) is 12.1. The molecule has 0 saturated heterocycles. The lowest BCUT2D eigenvalue weighted by atomic mass is 9.97. The summed E-state index contributed by atoms with van der Waals surface area (Å²) >= 11 is 0. The van der Waals surface area contributed by atoms with Gasteiger partial charge in [0, 0.05) is 5.56 Å². The van der Waals surface area contributed by atoms with Crippen molar-refractivity contribution in [3.05, 3.63) is 119 Å². The van der Waals surface area contributed by atoms with Crippen LogP contribution >= 0.6 is 0 Å². The van der Waals surface area contributed by atoms with Crippen LogP contribution in [-0.2, 0) is 16.0 Å². The van der Waals surface area contributed by atoms with Crippen LogP contribution < -0.4 is 11.1 Å². The Morgan fingerprint density at radius 1 is 0.775 bits per heavy atom. The fourth-order valence-corrected chi connectivity index (χ4v) is 4.39. The van der Waals surface area contributed by atoms with Crippen molar-refractivity contribution < 1.29 is 32.3 Å². The normalized spacial score (nSPS) is 12.6. The largest absolute Gasteiger partial charge is 0.481 e. The molecule has 0 fully saturated rings. The van der Waals surface area contributed by atoms with Crippen molar-refractivity contribution in [1.29, 1.82) is 0 Å². The number of aliphatic carboxylic acids is 1. The number of hydrogen-bond donors (Lipinski definition) is 3. The van der Waals surface area contributed by atoms with E-state index < -0.39 is 58.4 Å². The molecule has 2 unspecified atom stereocenters. The predicted octanol–water partition coefficient (Wildman–Crippen LogP) is 6.09. The van der Waals surface area contributed by atoms with E-state index in [1.807, 2.05) is 42.5 Å². The number of hydrogen-bond acceptors (Lipinski definition) is 3. The van der Waals surface area contributed by atoms with E-state index in [4.69, 9.17) is 5.73 Å². The molecule has 0 radical (unpaired) electrons. The van der Waals surface area contributed by atoms with Gasteiger partial charge in [-0.2, -0.15) is 0 Å². The molecule has 40 heavy (non-hydrogen) atoms. The Hall–Kier alpha value is -4.50. The van der Waals surface area contributed by atoms with Gasteiger partial charge in [0.2, 0.25) is 5.91 Å². The first kappa shape index (κ1) is 28.5. The summed E-state index contributed by atoms with van der Waals surface area (Å²) < 4.78 is 56.7. The van der Waals surface area contributed by atoms with Crippen molar-refractivity contribution >= 4 is 11.9 Å². The van der Waals surface area contributed by atoms with E-state index in [9.17, 15) is 32.3 Å². The minimum absolute atomic E-state index is 0.0143. The van der Waals surface area contributed by atoms with Crippen LogP contribution in [0.15, 0.2) is 78.9 Å². The van der Waals surface area contributed by atoms with E-state index in [2.05, 4.69) is 5.32 Å². The maximum Gasteiger partial charge on any atom is 0.305 e. The molecular weight excluding hydrogens is 524 g/mol. The number of halogens is 4. The molecule has 0 aromatic heterocycles. The number of benzene rings is 4. The third-order valence-corrected chi connectivity index (χ3v) is 6.63. The van der Waals surface area contributed by atoms with Crippen LogP contribution in [0.1, 0.15) is 29.2 Å². The van der Waals surface area contributed by atoms with Crippen molar-refractivity contribution in [2.75, 3.05) is 0 Å². The van der Waals surface area contributed by atoms with Gasteiger partial charge >= 0.3 is 5.97 Å². The summed E-state index contributed by atoms with van der Waals surface area (Å²) in [6.45, 7) is 0.941. The van der Waals surface area contributed by atoms with Crippen LogP contribution in [0.2, 0.25) is 0 Å². The molecule has 0 heterocycles. The lowest BCUT2D eigenvalue weighted by Crippen LogP contribution is -2.44. The molecule has 9 heteroatoms. The zero-order chi connectivity index (χ0) is 29.0. The summed E-state index contributed by atoms with van der Waals surface area (Å²) in [6, 6.07) is 20.3. The van der Waals surface area contributed by atoms with E-state index >= 15 is 0 Å². The summed E-state index contributed by atoms with van der Waals surface area (Å²) in [5.74, 6) is -7.64. The molecule has 0 bridgehead atoms. The summed E-state index contributed by atoms with van der Waals surface area (Å²) in [4.78, 5) is 24.4. The van der Waals surface area contributed by atoms with Gasteiger partial charge in [0.15, 0.2) is 23.3 Å². The zero-order valence-electron chi connectivity index (χ0n) is 21.4. The second-order valence-electron chi connectivity index (χ2n) is 9.41. The predicted molar refractivity (Wildman–Crippen MR) is 143 cm³/mol. The molecule has 0 saturated carbocycles. The molecule has 1 amide bonds.